The van der Waals surface area contributed by atoms with E-state index in [0.29, 0.717) is 5.88 Å². The lowest BCUT2D eigenvalue weighted by molar-refractivity contribution is 0.398. The van der Waals surface area contributed by atoms with Crippen molar-refractivity contribution >= 4 is 36.3 Å². The number of nitrogens with zero attached hydrogens (tertiary/aromatic N) is 1. The zero-order valence-electron chi connectivity index (χ0n) is 6.05. The lowest BCUT2D eigenvalue weighted by Crippen LogP contribution is -1.83. The van der Waals surface area contributed by atoms with E-state index in [1.165, 1.54) is 0 Å². The molecule has 0 N–H and O–H groups in total. The molecule has 1 radical (unpaired) electrons. The summed E-state index contributed by atoms with van der Waals surface area (Å²) in [5, 5.41) is 0. The Morgan fingerprint density at radius 3 is 2.55 bits per heavy atom. The van der Waals surface area contributed by atoms with Gasteiger partial charge in [-0.2, -0.15) is 0 Å². The molecule has 0 fully saturated rings. The molecule has 0 aliphatic carbocycles. The Labute approximate surface area is 83.1 Å². The SMILES string of the molecule is COc1cc[c]cn1.[Cl][Mg][Cl]. The Morgan fingerprint density at radius 2 is 2.27 bits per heavy atom. The van der Waals surface area contributed by atoms with Crippen LogP contribution in [0.2, 0.25) is 0 Å². The van der Waals surface area contributed by atoms with Crippen LogP contribution >= 0.6 is 18.1 Å². The zero-order chi connectivity index (χ0) is 8.53. The highest BCUT2D eigenvalue weighted by Crippen LogP contribution is 1.99. The molecule has 0 bridgehead atoms. The predicted octanol–water partition coefficient (Wildman–Crippen LogP) is 1.89. The molecule has 0 spiro atoms. The second-order valence-electron chi connectivity index (χ2n) is 1.40. The minimum Gasteiger partial charge on any atom is -0.481 e. The van der Waals surface area contributed by atoms with E-state index in [2.05, 4.69) is 11.1 Å². The molecular weight excluding hydrogens is 197 g/mol. The molecular formula is C6H6Cl2MgNO. The van der Waals surface area contributed by atoms with Gasteiger partial charge in [0.05, 0.1) is 7.11 Å². The highest BCUT2D eigenvalue weighted by atomic mass is 35.6. The van der Waals surface area contributed by atoms with Crippen molar-refractivity contribution in [1.82, 2.24) is 4.98 Å². The molecule has 5 heteroatoms. The van der Waals surface area contributed by atoms with E-state index in [1.807, 2.05) is 0 Å². The molecule has 0 aromatic carbocycles. The Bertz CT molecular complexity index is 173. The number of halogens is 2. The maximum absolute atomic E-state index is 4.90. The zero-order valence-corrected chi connectivity index (χ0v) is 8.98. The summed E-state index contributed by atoms with van der Waals surface area (Å²) in [5.74, 6) is 0.628. The first-order valence-electron chi connectivity index (χ1n) is 2.83. The van der Waals surface area contributed by atoms with Crippen molar-refractivity contribution in [3.63, 3.8) is 0 Å². The van der Waals surface area contributed by atoms with Gasteiger partial charge in [0.1, 0.15) is 0 Å². The predicted molar refractivity (Wildman–Crippen MR) is 47.1 cm³/mol. The minimum atomic E-state index is -0.639. The van der Waals surface area contributed by atoms with Crippen LogP contribution in [0.3, 0.4) is 0 Å². The van der Waals surface area contributed by atoms with Crippen LogP contribution in [0.4, 0.5) is 0 Å². The number of rotatable bonds is 1. The number of methoxy groups -OCH3 is 1. The highest BCUT2D eigenvalue weighted by molar-refractivity contribution is 7.22. The van der Waals surface area contributed by atoms with Gasteiger partial charge in [-0.1, -0.05) is 0 Å². The molecule has 1 aromatic heterocycles. The molecule has 1 rings (SSSR count). The smallest absolute Gasteiger partial charge is 0.481 e. The molecule has 0 amide bonds. The van der Waals surface area contributed by atoms with Crippen LogP contribution in [-0.2, 0) is 0 Å². The van der Waals surface area contributed by atoms with Crippen LogP contribution in [0.1, 0.15) is 0 Å². The third kappa shape index (κ3) is 6.68. The molecule has 0 aliphatic rings. The fraction of sp³-hybridized carbons (Fsp3) is 0.167. The summed E-state index contributed by atoms with van der Waals surface area (Å²) in [6.07, 6.45) is 1.57. The van der Waals surface area contributed by atoms with Crippen LogP contribution < -0.4 is 4.74 Å². The molecule has 0 aliphatic heterocycles. The summed E-state index contributed by atoms with van der Waals surface area (Å²) in [6.45, 7) is 0. The van der Waals surface area contributed by atoms with Crippen LogP contribution in [0.25, 0.3) is 0 Å². The van der Waals surface area contributed by atoms with E-state index < -0.39 is 18.2 Å². The quantitative estimate of drug-likeness (QED) is 0.650. The van der Waals surface area contributed by atoms with Gasteiger partial charge in [-0.05, 0) is 6.07 Å². The minimum absolute atomic E-state index is 0.628. The number of pyridine rings is 1. The van der Waals surface area contributed by atoms with Crippen molar-refractivity contribution < 1.29 is 4.74 Å². The highest BCUT2D eigenvalue weighted by Gasteiger charge is 1.82. The van der Waals surface area contributed by atoms with E-state index >= 15 is 0 Å². The normalized spacial score (nSPS) is 7.18. The van der Waals surface area contributed by atoms with Gasteiger partial charge in [0.2, 0.25) is 5.88 Å². The van der Waals surface area contributed by atoms with Gasteiger partial charge >= 0.3 is 18.2 Å². The van der Waals surface area contributed by atoms with E-state index in [4.69, 9.17) is 22.9 Å². The van der Waals surface area contributed by atoms with Crippen molar-refractivity contribution in [3.8, 4) is 5.88 Å². The largest absolute Gasteiger partial charge is 0.618 e. The first kappa shape index (κ1) is 11.3. The number of ether oxygens (including phenoxy) is 1. The maximum atomic E-state index is 4.90. The second kappa shape index (κ2) is 8.39. The van der Waals surface area contributed by atoms with E-state index in [0.717, 1.165) is 0 Å². The third-order valence-corrected chi connectivity index (χ3v) is 0.798. The first-order chi connectivity index (χ1) is 5.35. The van der Waals surface area contributed by atoms with E-state index in [1.54, 1.807) is 25.4 Å². The number of hydrogen-bond acceptors (Lipinski definition) is 2. The molecule has 0 saturated heterocycles. The molecule has 2 nitrogen and oxygen atoms in total. The summed E-state index contributed by atoms with van der Waals surface area (Å²) >= 11 is -0.639. The Hall–Kier alpha value is 0.296. The van der Waals surface area contributed by atoms with Gasteiger partial charge in [0.15, 0.2) is 0 Å². The Kier molecular flexibility index (Phi) is 8.62. The van der Waals surface area contributed by atoms with Gasteiger partial charge in [-0.3, -0.25) is 0 Å². The standard InChI is InChI=1S/C6H6NO.2ClH.Mg/c1-8-6-4-2-3-5-7-6;;;/h2,4-5H,1H3;2*1H;/q;;;+2/p-2. The van der Waals surface area contributed by atoms with Crippen molar-refractivity contribution in [1.29, 1.82) is 0 Å². The van der Waals surface area contributed by atoms with Crippen molar-refractivity contribution in [2.45, 2.75) is 0 Å². The van der Waals surface area contributed by atoms with E-state index in [-0.39, 0.29) is 0 Å². The molecule has 0 saturated carbocycles. The second-order valence-corrected chi connectivity index (χ2v) is 4.03. The molecule has 1 heterocycles. The molecule has 0 unspecified atom stereocenters. The van der Waals surface area contributed by atoms with Gasteiger partial charge in [-0.25, -0.2) is 4.98 Å². The fourth-order valence-electron chi connectivity index (χ4n) is 0.427. The van der Waals surface area contributed by atoms with Crippen molar-refractivity contribution in [3.05, 3.63) is 24.4 Å². The summed E-state index contributed by atoms with van der Waals surface area (Å²) in [5.41, 5.74) is 0. The monoisotopic (exact) mass is 202 g/mol. The summed E-state index contributed by atoms with van der Waals surface area (Å²) < 4.78 is 4.78. The first-order valence-corrected chi connectivity index (χ1v) is 7.10. The van der Waals surface area contributed by atoms with Crippen LogP contribution in [0.5, 0.6) is 5.88 Å². The average molecular weight is 203 g/mol. The molecule has 1 aromatic rings. The summed E-state index contributed by atoms with van der Waals surface area (Å²) in [7, 11) is 11.4. The van der Waals surface area contributed by atoms with E-state index in [9.17, 15) is 0 Å². The van der Waals surface area contributed by atoms with Gasteiger partial charge < -0.3 is 22.9 Å². The number of aromatic nitrogens is 1. The van der Waals surface area contributed by atoms with Crippen LogP contribution in [0.15, 0.2) is 18.3 Å². The number of hydrogen-bond donors (Lipinski definition) is 0. The maximum Gasteiger partial charge on any atom is 0.618 e. The van der Waals surface area contributed by atoms with Gasteiger partial charge in [0, 0.05) is 18.3 Å². The Morgan fingerprint density at radius 1 is 1.64 bits per heavy atom. The average Bonchev–Trinajstić information content (AvgIpc) is 2.08. The lowest BCUT2D eigenvalue weighted by atomic mass is 10.5. The van der Waals surface area contributed by atoms with Crippen molar-refractivity contribution in [2.75, 3.05) is 7.11 Å². The Balaban J connectivity index is 0.000000292. The van der Waals surface area contributed by atoms with Crippen LogP contribution in [0, 0.1) is 6.07 Å². The molecule has 11 heavy (non-hydrogen) atoms. The fourth-order valence-corrected chi connectivity index (χ4v) is 0.427. The topological polar surface area (TPSA) is 22.1 Å². The lowest BCUT2D eigenvalue weighted by Gasteiger charge is -1.92. The van der Waals surface area contributed by atoms with Crippen molar-refractivity contribution in [2.24, 2.45) is 0 Å². The molecule has 0 atom stereocenters. The summed E-state index contributed by atoms with van der Waals surface area (Å²) in [6, 6.07) is 6.28. The third-order valence-electron chi connectivity index (χ3n) is 0.798. The summed E-state index contributed by atoms with van der Waals surface area (Å²) in [4.78, 5) is 3.82. The van der Waals surface area contributed by atoms with Crippen LogP contribution in [-0.4, -0.2) is 30.3 Å². The molecule has 57 valence electrons. The van der Waals surface area contributed by atoms with Gasteiger partial charge in [-0.15, -0.1) is 0 Å². The van der Waals surface area contributed by atoms with Gasteiger partial charge in [0.25, 0.3) is 0 Å².